The number of rotatable bonds is 5. The van der Waals surface area contributed by atoms with Gasteiger partial charge in [-0.25, -0.2) is 9.97 Å². The van der Waals surface area contributed by atoms with Crippen LogP contribution in [0.25, 0.3) is 0 Å². The second-order valence-electron chi connectivity index (χ2n) is 6.70. The van der Waals surface area contributed by atoms with E-state index in [0.29, 0.717) is 11.6 Å². The van der Waals surface area contributed by atoms with Crippen molar-refractivity contribution in [2.24, 2.45) is 0 Å². The molecule has 25 heavy (non-hydrogen) atoms. The molecule has 2 N–H and O–H groups in total. The van der Waals surface area contributed by atoms with Gasteiger partial charge in [-0.3, -0.25) is 4.79 Å². The fourth-order valence-electron chi connectivity index (χ4n) is 3.26. The second-order valence-corrected chi connectivity index (χ2v) is 6.70. The maximum absolute atomic E-state index is 12.5. The Labute approximate surface area is 149 Å². The SMILES string of the molecule is CC(Nc1nccc(C(=O)NC2CCCCCC2)n1)c1ccccc1. The minimum Gasteiger partial charge on any atom is -0.348 e. The van der Waals surface area contributed by atoms with Gasteiger partial charge in [-0.05, 0) is 31.4 Å². The summed E-state index contributed by atoms with van der Waals surface area (Å²) in [5, 5.41) is 6.40. The van der Waals surface area contributed by atoms with Crippen molar-refractivity contribution in [1.29, 1.82) is 0 Å². The summed E-state index contributed by atoms with van der Waals surface area (Å²) >= 11 is 0. The Morgan fingerprint density at radius 1 is 1.08 bits per heavy atom. The highest BCUT2D eigenvalue weighted by Gasteiger charge is 2.17. The minimum absolute atomic E-state index is 0.0707. The molecule has 5 heteroatoms. The standard InChI is InChI=1S/C20H26N4O/c1-15(16-9-5-4-6-10-16)22-20-21-14-13-18(24-20)19(25)23-17-11-7-2-3-8-12-17/h4-6,9-10,13-15,17H,2-3,7-8,11-12H2,1H3,(H,23,25)(H,21,22,24). The summed E-state index contributed by atoms with van der Waals surface area (Å²) in [6.45, 7) is 2.05. The number of hydrogen-bond donors (Lipinski definition) is 2. The van der Waals surface area contributed by atoms with Crippen LogP contribution in [0.1, 0.15) is 67.5 Å². The van der Waals surface area contributed by atoms with Gasteiger partial charge in [-0.1, -0.05) is 56.0 Å². The lowest BCUT2D eigenvalue weighted by atomic mass is 10.1. The Balaban J connectivity index is 1.63. The zero-order valence-corrected chi connectivity index (χ0v) is 14.7. The fourth-order valence-corrected chi connectivity index (χ4v) is 3.26. The van der Waals surface area contributed by atoms with Gasteiger partial charge in [0.05, 0.1) is 6.04 Å². The van der Waals surface area contributed by atoms with Crippen molar-refractivity contribution >= 4 is 11.9 Å². The smallest absolute Gasteiger partial charge is 0.270 e. The molecule has 1 aliphatic rings. The van der Waals surface area contributed by atoms with Crippen molar-refractivity contribution in [1.82, 2.24) is 15.3 Å². The Morgan fingerprint density at radius 3 is 2.52 bits per heavy atom. The monoisotopic (exact) mass is 338 g/mol. The molecule has 0 bridgehead atoms. The molecule has 1 aromatic carbocycles. The van der Waals surface area contributed by atoms with E-state index < -0.39 is 0 Å². The van der Waals surface area contributed by atoms with Crippen LogP contribution >= 0.6 is 0 Å². The van der Waals surface area contributed by atoms with Gasteiger partial charge in [0, 0.05) is 12.2 Å². The number of hydrogen-bond acceptors (Lipinski definition) is 4. The zero-order chi connectivity index (χ0) is 17.5. The summed E-state index contributed by atoms with van der Waals surface area (Å²) in [4.78, 5) is 21.1. The van der Waals surface area contributed by atoms with Crippen LogP contribution < -0.4 is 10.6 Å². The van der Waals surface area contributed by atoms with E-state index in [9.17, 15) is 4.79 Å². The first-order chi connectivity index (χ1) is 12.2. The summed E-state index contributed by atoms with van der Waals surface area (Å²) in [6, 6.07) is 12.1. The van der Waals surface area contributed by atoms with E-state index >= 15 is 0 Å². The molecule has 5 nitrogen and oxygen atoms in total. The number of nitrogens with one attached hydrogen (secondary N) is 2. The van der Waals surface area contributed by atoms with E-state index in [1.807, 2.05) is 18.2 Å². The van der Waals surface area contributed by atoms with Crippen LogP contribution in [-0.4, -0.2) is 21.9 Å². The van der Waals surface area contributed by atoms with Crippen LogP contribution in [0.2, 0.25) is 0 Å². The summed E-state index contributed by atoms with van der Waals surface area (Å²) in [6.07, 6.45) is 8.68. The van der Waals surface area contributed by atoms with Gasteiger partial charge < -0.3 is 10.6 Å². The van der Waals surface area contributed by atoms with E-state index in [1.165, 1.54) is 25.7 Å². The van der Waals surface area contributed by atoms with Crippen LogP contribution in [0, 0.1) is 0 Å². The number of anilines is 1. The largest absolute Gasteiger partial charge is 0.348 e. The van der Waals surface area contributed by atoms with Crippen molar-refractivity contribution in [3.63, 3.8) is 0 Å². The molecule has 3 rings (SSSR count). The molecule has 0 spiro atoms. The molecule has 1 aliphatic carbocycles. The van der Waals surface area contributed by atoms with Crippen LogP contribution in [0.5, 0.6) is 0 Å². The molecule has 1 saturated carbocycles. The van der Waals surface area contributed by atoms with Crippen molar-refractivity contribution in [2.45, 2.75) is 57.5 Å². The third-order valence-electron chi connectivity index (χ3n) is 4.72. The Hall–Kier alpha value is -2.43. The van der Waals surface area contributed by atoms with Gasteiger partial charge in [0.15, 0.2) is 0 Å². The first-order valence-corrected chi connectivity index (χ1v) is 9.18. The molecule has 1 unspecified atom stereocenters. The molecule has 1 heterocycles. The molecule has 2 aromatic rings. The summed E-state index contributed by atoms with van der Waals surface area (Å²) < 4.78 is 0. The normalized spacial score (nSPS) is 16.7. The first-order valence-electron chi connectivity index (χ1n) is 9.18. The lowest BCUT2D eigenvalue weighted by Gasteiger charge is -2.17. The topological polar surface area (TPSA) is 66.9 Å². The van der Waals surface area contributed by atoms with Crippen LogP contribution in [0.4, 0.5) is 5.95 Å². The number of nitrogens with zero attached hydrogens (tertiary/aromatic N) is 2. The number of aromatic nitrogens is 2. The lowest BCUT2D eigenvalue weighted by Crippen LogP contribution is -2.35. The summed E-state index contributed by atoms with van der Waals surface area (Å²) in [7, 11) is 0. The highest BCUT2D eigenvalue weighted by atomic mass is 16.1. The molecule has 1 amide bonds. The van der Waals surface area contributed by atoms with Crippen LogP contribution in [0.15, 0.2) is 42.6 Å². The van der Waals surface area contributed by atoms with Gasteiger partial charge in [0.1, 0.15) is 5.69 Å². The fraction of sp³-hybridized carbons (Fsp3) is 0.450. The minimum atomic E-state index is -0.107. The number of benzene rings is 1. The molecule has 0 radical (unpaired) electrons. The van der Waals surface area contributed by atoms with Gasteiger partial charge in [-0.15, -0.1) is 0 Å². The van der Waals surface area contributed by atoms with E-state index in [2.05, 4.69) is 39.7 Å². The Bertz CT molecular complexity index is 681. The van der Waals surface area contributed by atoms with Crippen molar-refractivity contribution in [2.75, 3.05) is 5.32 Å². The van der Waals surface area contributed by atoms with E-state index in [4.69, 9.17) is 0 Å². The maximum atomic E-state index is 12.5. The first kappa shape index (κ1) is 17.4. The second kappa shape index (κ2) is 8.60. The molecule has 1 atom stereocenters. The molecule has 1 fully saturated rings. The summed E-state index contributed by atoms with van der Waals surface area (Å²) in [5.41, 5.74) is 1.57. The number of carbonyl (C=O) groups excluding carboxylic acids is 1. The zero-order valence-electron chi connectivity index (χ0n) is 14.7. The maximum Gasteiger partial charge on any atom is 0.270 e. The van der Waals surface area contributed by atoms with Crippen molar-refractivity contribution in [3.05, 3.63) is 53.9 Å². The van der Waals surface area contributed by atoms with Gasteiger partial charge in [0.2, 0.25) is 5.95 Å². The number of amides is 1. The average Bonchev–Trinajstić information content (AvgIpc) is 2.91. The van der Waals surface area contributed by atoms with Crippen molar-refractivity contribution in [3.8, 4) is 0 Å². The van der Waals surface area contributed by atoms with E-state index in [-0.39, 0.29) is 18.0 Å². The average molecular weight is 338 g/mol. The molecule has 0 aliphatic heterocycles. The summed E-state index contributed by atoms with van der Waals surface area (Å²) in [5.74, 6) is 0.370. The molecule has 1 aromatic heterocycles. The highest BCUT2D eigenvalue weighted by molar-refractivity contribution is 5.92. The van der Waals surface area contributed by atoms with Gasteiger partial charge >= 0.3 is 0 Å². The quantitative estimate of drug-likeness (QED) is 0.805. The van der Waals surface area contributed by atoms with E-state index in [0.717, 1.165) is 18.4 Å². The lowest BCUT2D eigenvalue weighted by molar-refractivity contribution is 0.0928. The highest BCUT2D eigenvalue weighted by Crippen LogP contribution is 2.18. The third kappa shape index (κ3) is 5.02. The molecule has 132 valence electrons. The number of carbonyl (C=O) groups is 1. The van der Waals surface area contributed by atoms with Crippen LogP contribution in [-0.2, 0) is 0 Å². The Kier molecular flexibility index (Phi) is 5.99. The Morgan fingerprint density at radius 2 is 1.80 bits per heavy atom. The van der Waals surface area contributed by atoms with Gasteiger partial charge in [0.25, 0.3) is 5.91 Å². The van der Waals surface area contributed by atoms with E-state index in [1.54, 1.807) is 12.3 Å². The molecule has 0 saturated heterocycles. The third-order valence-corrected chi connectivity index (χ3v) is 4.72. The van der Waals surface area contributed by atoms with Crippen LogP contribution in [0.3, 0.4) is 0 Å². The predicted molar refractivity (Wildman–Crippen MR) is 99.5 cm³/mol. The predicted octanol–water partition coefficient (Wildman–Crippen LogP) is 4.10. The molecular formula is C20H26N4O. The molecular weight excluding hydrogens is 312 g/mol. The van der Waals surface area contributed by atoms with Gasteiger partial charge in [-0.2, -0.15) is 0 Å². The van der Waals surface area contributed by atoms with Crippen molar-refractivity contribution < 1.29 is 4.79 Å².